The summed E-state index contributed by atoms with van der Waals surface area (Å²) in [7, 11) is 1.80. The number of rotatable bonds is 7. The van der Waals surface area contributed by atoms with Crippen LogP contribution in [0.2, 0.25) is 0 Å². The quantitative estimate of drug-likeness (QED) is 0.397. The first kappa shape index (κ1) is 25.4. The van der Waals surface area contributed by atoms with Gasteiger partial charge in [-0.05, 0) is 76.5 Å². The number of likely N-dealkylation sites (tertiary alicyclic amines) is 1. The number of ether oxygens (including phenoxy) is 2. The van der Waals surface area contributed by atoms with E-state index in [2.05, 4.69) is 10.6 Å². The van der Waals surface area contributed by atoms with Crippen molar-refractivity contribution < 1.29 is 24.0 Å². The smallest absolute Gasteiger partial charge is 0.234 e. The molecule has 0 aromatic carbocycles. The number of carbonyl (C=O) groups excluding carboxylic acids is 2. The van der Waals surface area contributed by atoms with Crippen LogP contribution in [0.15, 0.2) is 0 Å². The maximum atomic E-state index is 13.6. The van der Waals surface area contributed by atoms with Crippen LogP contribution in [-0.4, -0.2) is 80.8 Å². The number of piperidine rings is 2. The molecule has 0 bridgehead atoms. The van der Waals surface area contributed by atoms with Crippen LogP contribution in [-0.2, 0) is 19.1 Å². The highest BCUT2D eigenvalue weighted by Crippen LogP contribution is 2.31. The molecule has 5 fully saturated rings. The average Bonchev–Trinajstić information content (AvgIpc) is 3.40. The van der Waals surface area contributed by atoms with E-state index in [9.17, 15) is 9.59 Å². The van der Waals surface area contributed by atoms with E-state index in [0.717, 1.165) is 88.8 Å². The van der Waals surface area contributed by atoms with Gasteiger partial charge in [0.15, 0.2) is 12.3 Å². The van der Waals surface area contributed by atoms with Gasteiger partial charge >= 0.3 is 0 Å². The van der Waals surface area contributed by atoms with Crippen molar-refractivity contribution in [1.82, 2.24) is 15.5 Å². The second kappa shape index (κ2) is 11.4. The third-order valence-corrected chi connectivity index (χ3v) is 9.45. The third-order valence-electron chi connectivity index (χ3n) is 9.45. The van der Waals surface area contributed by atoms with Crippen LogP contribution in [0.4, 0.5) is 0 Å². The molecule has 198 valence electrons. The molecule has 0 aromatic rings. The van der Waals surface area contributed by atoms with E-state index >= 15 is 0 Å². The zero-order chi connectivity index (χ0) is 24.4. The summed E-state index contributed by atoms with van der Waals surface area (Å²) in [5.41, 5.74) is 6.84. The molecule has 7 atom stereocenters. The summed E-state index contributed by atoms with van der Waals surface area (Å²) in [6, 6.07) is 0. The Hall–Kier alpha value is -1.26. The van der Waals surface area contributed by atoms with Crippen molar-refractivity contribution >= 4 is 11.8 Å². The first-order chi connectivity index (χ1) is 17.0. The lowest BCUT2D eigenvalue weighted by atomic mass is 9.80. The highest BCUT2D eigenvalue weighted by atomic mass is 16.5. The molecule has 5 N–H and O–H groups in total. The molecule has 2 amide bonds. The van der Waals surface area contributed by atoms with Gasteiger partial charge in [0.05, 0.1) is 12.3 Å². The summed E-state index contributed by atoms with van der Waals surface area (Å²) < 4.78 is 11.4. The van der Waals surface area contributed by atoms with E-state index in [-0.39, 0.29) is 48.3 Å². The SMILES string of the molecule is COC1CCC(CCNC(=O)C2CC3C(=O)N4CCCCC4NC3[NH+](C[C@@H]3CCCO3)C2N)CC1. The highest BCUT2D eigenvalue weighted by Gasteiger charge is 2.55. The molecule has 1 saturated carbocycles. The number of hydrogen-bond acceptors (Lipinski definition) is 6. The van der Waals surface area contributed by atoms with Gasteiger partial charge < -0.3 is 24.6 Å². The Kier molecular flexibility index (Phi) is 8.29. The molecule has 5 rings (SSSR count). The van der Waals surface area contributed by atoms with E-state index in [1.807, 2.05) is 4.90 Å². The Balaban J connectivity index is 1.23. The van der Waals surface area contributed by atoms with Crippen LogP contribution in [0.5, 0.6) is 0 Å². The molecule has 9 nitrogen and oxygen atoms in total. The molecule has 4 aliphatic heterocycles. The Morgan fingerprint density at radius 3 is 2.77 bits per heavy atom. The second-order valence-electron chi connectivity index (χ2n) is 11.5. The summed E-state index contributed by atoms with van der Waals surface area (Å²) >= 11 is 0. The fourth-order valence-corrected chi connectivity index (χ4v) is 7.32. The van der Waals surface area contributed by atoms with E-state index in [0.29, 0.717) is 25.0 Å². The average molecular weight is 493 g/mol. The number of quaternary nitrogens is 1. The number of carbonyl (C=O) groups is 2. The van der Waals surface area contributed by atoms with Crippen LogP contribution in [0, 0.1) is 17.8 Å². The Bertz CT molecular complexity index is 739. The van der Waals surface area contributed by atoms with Gasteiger partial charge in [-0.25, -0.2) is 5.32 Å². The van der Waals surface area contributed by atoms with Gasteiger partial charge in [0, 0.05) is 26.8 Å². The van der Waals surface area contributed by atoms with Crippen molar-refractivity contribution in [2.24, 2.45) is 23.5 Å². The molecule has 35 heavy (non-hydrogen) atoms. The minimum Gasteiger partial charge on any atom is -0.381 e. The van der Waals surface area contributed by atoms with Crippen LogP contribution < -0.4 is 21.3 Å². The zero-order valence-corrected chi connectivity index (χ0v) is 21.4. The molecule has 4 heterocycles. The summed E-state index contributed by atoms with van der Waals surface area (Å²) in [4.78, 5) is 30.1. The lowest BCUT2D eigenvalue weighted by molar-refractivity contribution is -0.967. The normalized spacial score (nSPS) is 41.8. The van der Waals surface area contributed by atoms with Crippen molar-refractivity contribution in [2.75, 3.05) is 33.4 Å². The first-order valence-corrected chi connectivity index (χ1v) is 14.1. The van der Waals surface area contributed by atoms with Crippen molar-refractivity contribution in [3.63, 3.8) is 0 Å². The molecular formula is C26H46N5O4+. The zero-order valence-electron chi connectivity index (χ0n) is 21.4. The lowest BCUT2D eigenvalue weighted by Gasteiger charge is -2.53. The molecule has 1 aliphatic carbocycles. The fourth-order valence-electron chi connectivity index (χ4n) is 7.32. The number of amides is 2. The van der Waals surface area contributed by atoms with E-state index in [1.165, 1.54) is 0 Å². The fraction of sp³-hybridized carbons (Fsp3) is 0.923. The monoisotopic (exact) mass is 492 g/mol. The van der Waals surface area contributed by atoms with Crippen LogP contribution in [0.3, 0.4) is 0 Å². The Labute approximate surface area is 209 Å². The molecule has 4 saturated heterocycles. The minimum atomic E-state index is -0.357. The number of nitrogens with one attached hydrogen (secondary N) is 3. The molecule has 0 aromatic heterocycles. The molecule has 9 heteroatoms. The Morgan fingerprint density at radius 2 is 2.03 bits per heavy atom. The van der Waals surface area contributed by atoms with Gasteiger partial charge in [-0.3, -0.25) is 15.3 Å². The maximum absolute atomic E-state index is 13.6. The maximum Gasteiger partial charge on any atom is 0.234 e. The Morgan fingerprint density at radius 1 is 1.20 bits per heavy atom. The second-order valence-corrected chi connectivity index (χ2v) is 11.5. The molecule has 6 unspecified atom stereocenters. The van der Waals surface area contributed by atoms with Crippen molar-refractivity contribution in [3.05, 3.63) is 0 Å². The number of hydrogen-bond donors (Lipinski definition) is 4. The van der Waals surface area contributed by atoms with E-state index < -0.39 is 0 Å². The number of nitrogens with zero attached hydrogens (tertiary/aromatic N) is 1. The van der Waals surface area contributed by atoms with Gasteiger partial charge in [-0.2, -0.15) is 0 Å². The highest BCUT2D eigenvalue weighted by molar-refractivity contribution is 5.83. The van der Waals surface area contributed by atoms with Crippen LogP contribution >= 0.6 is 0 Å². The number of fused-ring (bicyclic) bond motifs is 2. The summed E-state index contributed by atoms with van der Waals surface area (Å²) in [5.74, 6) is 0.306. The van der Waals surface area contributed by atoms with Gasteiger partial charge in [0.1, 0.15) is 24.5 Å². The molecule has 0 spiro atoms. The predicted molar refractivity (Wildman–Crippen MR) is 131 cm³/mol. The van der Waals surface area contributed by atoms with Crippen LogP contribution in [0.25, 0.3) is 0 Å². The molecule has 5 aliphatic rings. The first-order valence-electron chi connectivity index (χ1n) is 14.1. The van der Waals surface area contributed by atoms with Gasteiger partial charge in [-0.15, -0.1) is 0 Å². The summed E-state index contributed by atoms with van der Waals surface area (Å²) in [6.07, 6.45) is 11.6. The largest absolute Gasteiger partial charge is 0.381 e. The molecule has 0 radical (unpaired) electrons. The topological polar surface area (TPSA) is 110 Å². The van der Waals surface area contributed by atoms with Crippen LogP contribution in [0.1, 0.15) is 70.6 Å². The van der Waals surface area contributed by atoms with E-state index in [4.69, 9.17) is 15.2 Å². The van der Waals surface area contributed by atoms with Gasteiger partial charge in [0.2, 0.25) is 11.8 Å². The molecular weight excluding hydrogens is 446 g/mol. The van der Waals surface area contributed by atoms with Crippen molar-refractivity contribution in [2.45, 2.75) is 101 Å². The predicted octanol–water partition coefficient (Wildman–Crippen LogP) is -0.0494. The summed E-state index contributed by atoms with van der Waals surface area (Å²) in [5, 5.41) is 6.98. The standard InChI is InChI=1S/C26H45N5O4/c1-34-18-9-7-17(8-10-18)11-12-28-25(32)20-15-21-24(29-22-6-2-3-13-30(22)26(21)33)31(23(20)27)16-19-5-4-14-35-19/h17-24,29H,2-16,27H2,1H3,(H,28,32)/p+1/t17?,18?,19-,20?,21?,22?,23?,24?/m0/s1. The number of nitrogens with two attached hydrogens (primary N) is 1. The summed E-state index contributed by atoms with van der Waals surface area (Å²) in [6.45, 7) is 3.04. The third kappa shape index (κ3) is 5.54. The minimum absolute atomic E-state index is 0.0138. The number of methoxy groups -OCH3 is 1. The van der Waals surface area contributed by atoms with E-state index in [1.54, 1.807) is 7.11 Å². The lowest BCUT2D eigenvalue weighted by Crippen LogP contribution is -3.26. The van der Waals surface area contributed by atoms with Gasteiger partial charge in [-0.1, -0.05) is 0 Å². The van der Waals surface area contributed by atoms with Crippen molar-refractivity contribution in [3.8, 4) is 0 Å². The van der Waals surface area contributed by atoms with Crippen molar-refractivity contribution in [1.29, 1.82) is 0 Å². The van der Waals surface area contributed by atoms with Gasteiger partial charge in [0.25, 0.3) is 0 Å².